The van der Waals surface area contributed by atoms with E-state index >= 15 is 0 Å². The van der Waals surface area contributed by atoms with Gasteiger partial charge in [-0.1, -0.05) is 24.3 Å². The van der Waals surface area contributed by atoms with E-state index in [-0.39, 0.29) is 40.0 Å². The van der Waals surface area contributed by atoms with Crippen LogP contribution in [-0.4, -0.2) is 14.0 Å². The number of rotatable bonds is 3. The second-order valence-corrected chi connectivity index (χ2v) is 7.39. The van der Waals surface area contributed by atoms with E-state index < -0.39 is 10.0 Å². The third kappa shape index (κ3) is 4.54. The van der Waals surface area contributed by atoms with Gasteiger partial charge in [0.1, 0.15) is 11.4 Å². The largest absolute Gasteiger partial charge is 1.00 e. The van der Waals surface area contributed by atoms with E-state index in [1.807, 2.05) is 32.1 Å². The first-order valence-corrected chi connectivity index (χ1v) is 8.44. The maximum Gasteiger partial charge on any atom is 1.00 e. The number of halogens is 1. The van der Waals surface area contributed by atoms with E-state index in [1.54, 1.807) is 42.5 Å². The van der Waals surface area contributed by atoms with Crippen molar-refractivity contribution in [2.75, 3.05) is 4.72 Å². The maximum absolute atomic E-state index is 12.4. The topological polar surface area (TPSA) is 55.4 Å². The van der Waals surface area contributed by atoms with Crippen molar-refractivity contribution >= 4 is 21.8 Å². The first kappa shape index (κ1) is 20.6. The number of para-hydroxylation sites is 1. The molecule has 2 aromatic rings. The van der Waals surface area contributed by atoms with E-state index in [2.05, 4.69) is 4.72 Å². The average Bonchev–Trinajstić information content (AvgIpc) is 2.46. The molecule has 0 aliphatic carbocycles. The van der Waals surface area contributed by atoms with Crippen molar-refractivity contribution in [3.8, 4) is 5.75 Å². The Bertz CT molecular complexity index is 836. The molecule has 0 atom stereocenters. The molecule has 0 saturated carbocycles. The Hall–Kier alpha value is -1.46. The van der Waals surface area contributed by atoms with Crippen molar-refractivity contribution < 1.29 is 42.6 Å². The zero-order valence-corrected chi connectivity index (χ0v) is 15.6. The SMILES string of the molecule is CC1(C)C=Cc2cc(S(=O)(=O)Nc3ccccc3)ccc2O1.[Cl-].[Cu+]. The summed E-state index contributed by atoms with van der Waals surface area (Å²) >= 11 is 0. The minimum absolute atomic E-state index is 0. The number of benzene rings is 2. The Kier molecular flexibility index (Phi) is 6.53. The van der Waals surface area contributed by atoms with Crippen molar-refractivity contribution in [3.63, 3.8) is 0 Å². The molecule has 3 rings (SSSR count). The van der Waals surface area contributed by atoms with Gasteiger partial charge in [-0.3, -0.25) is 4.72 Å². The minimum atomic E-state index is -3.62. The van der Waals surface area contributed by atoms with Gasteiger partial charge in [-0.25, -0.2) is 8.42 Å². The molecule has 24 heavy (non-hydrogen) atoms. The zero-order valence-electron chi connectivity index (χ0n) is 13.1. The molecule has 0 saturated heterocycles. The van der Waals surface area contributed by atoms with Crippen LogP contribution in [-0.2, 0) is 27.1 Å². The summed E-state index contributed by atoms with van der Waals surface area (Å²) in [5.74, 6) is 0.686. The smallest absolute Gasteiger partial charge is 1.00 e. The van der Waals surface area contributed by atoms with Gasteiger partial charge in [0.2, 0.25) is 0 Å². The van der Waals surface area contributed by atoms with Crippen LogP contribution in [0.4, 0.5) is 5.69 Å². The summed E-state index contributed by atoms with van der Waals surface area (Å²) in [7, 11) is -3.62. The molecule has 1 aliphatic rings. The number of ether oxygens (including phenoxy) is 1. The fourth-order valence-electron chi connectivity index (χ4n) is 2.25. The van der Waals surface area contributed by atoms with Gasteiger partial charge in [-0.15, -0.1) is 0 Å². The second-order valence-electron chi connectivity index (χ2n) is 5.71. The van der Waals surface area contributed by atoms with Crippen LogP contribution in [0.15, 0.2) is 59.5 Å². The molecular formula is C17H17ClCuNO3S. The molecule has 0 bridgehead atoms. The van der Waals surface area contributed by atoms with E-state index in [0.29, 0.717) is 11.4 Å². The van der Waals surface area contributed by atoms with Crippen LogP contribution in [0.3, 0.4) is 0 Å². The summed E-state index contributed by atoms with van der Waals surface area (Å²) in [6, 6.07) is 13.7. The summed E-state index contributed by atoms with van der Waals surface area (Å²) in [5, 5.41) is 0. The summed E-state index contributed by atoms with van der Waals surface area (Å²) in [5.41, 5.74) is 0.916. The molecule has 1 N–H and O–H groups in total. The predicted molar refractivity (Wildman–Crippen MR) is 87.4 cm³/mol. The normalized spacial score (nSPS) is 14.4. The molecule has 1 heterocycles. The fraction of sp³-hybridized carbons (Fsp3) is 0.176. The van der Waals surface area contributed by atoms with Crippen LogP contribution >= 0.6 is 0 Å². The summed E-state index contributed by atoms with van der Waals surface area (Å²) in [6.45, 7) is 3.90. The quantitative estimate of drug-likeness (QED) is 0.752. The maximum atomic E-state index is 12.4. The third-order valence-electron chi connectivity index (χ3n) is 3.35. The monoisotopic (exact) mass is 413 g/mol. The fourth-order valence-corrected chi connectivity index (χ4v) is 3.34. The van der Waals surface area contributed by atoms with Gasteiger partial charge in [-0.05, 0) is 50.3 Å². The number of nitrogens with one attached hydrogen (secondary N) is 1. The molecule has 4 nitrogen and oxygen atoms in total. The summed E-state index contributed by atoms with van der Waals surface area (Å²) in [6.07, 6.45) is 3.80. The molecular weight excluding hydrogens is 397 g/mol. The van der Waals surface area contributed by atoms with Crippen LogP contribution in [0.2, 0.25) is 0 Å². The van der Waals surface area contributed by atoms with E-state index in [4.69, 9.17) is 4.74 Å². The standard InChI is InChI=1S/C17H17NO3S.ClH.Cu/c1-17(2)11-10-13-12-15(8-9-16(13)21-17)22(19,20)18-14-6-4-3-5-7-14;;/h3-12,18H,1-2H3;1H;/q;;+1/p-1. The third-order valence-corrected chi connectivity index (χ3v) is 4.73. The van der Waals surface area contributed by atoms with Crippen LogP contribution in [0.25, 0.3) is 6.08 Å². The number of anilines is 1. The molecule has 132 valence electrons. The Labute approximate surface area is 159 Å². The molecule has 7 heteroatoms. The number of hydrogen-bond acceptors (Lipinski definition) is 3. The van der Waals surface area contributed by atoms with Crippen LogP contribution in [0.1, 0.15) is 19.4 Å². The van der Waals surface area contributed by atoms with Crippen molar-refractivity contribution in [2.24, 2.45) is 0 Å². The van der Waals surface area contributed by atoms with Gasteiger partial charge < -0.3 is 17.1 Å². The van der Waals surface area contributed by atoms with Gasteiger partial charge in [0, 0.05) is 11.3 Å². The Morgan fingerprint density at radius 2 is 1.71 bits per heavy atom. The van der Waals surface area contributed by atoms with E-state index in [0.717, 1.165) is 5.56 Å². The molecule has 0 spiro atoms. The van der Waals surface area contributed by atoms with Crippen LogP contribution < -0.4 is 21.9 Å². The Morgan fingerprint density at radius 1 is 1.04 bits per heavy atom. The number of hydrogen-bond donors (Lipinski definition) is 1. The van der Waals surface area contributed by atoms with Gasteiger partial charge in [-0.2, -0.15) is 0 Å². The first-order chi connectivity index (χ1) is 10.4. The second kappa shape index (κ2) is 7.62. The van der Waals surface area contributed by atoms with Crippen molar-refractivity contribution in [1.82, 2.24) is 0 Å². The molecule has 0 fully saturated rings. The van der Waals surface area contributed by atoms with Crippen molar-refractivity contribution in [1.29, 1.82) is 0 Å². The van der Waals surface area contributed by atoms with Gasteiger partial charge >= 0.3 is 17.1 Å². The van der Waals surface area contributed by atoms with Crippen molar-refractivity contribution in [2.45, 2.75) is 24.3 Å². The van der Waals surface area contributed by atoms with Crippen LogP contribution in [0.5, 0.6) is 5.75 Å². The molecule has 0 amide bonds. The van der Waals surface area contributed by atoms with Crippen LogP contribution in [0, 0.1) is 0 Å². The summed E-state index contributed by atoms with van der Waals surface area (Å²) in [4.78, 5) is 0.211. The molecule has 0 aromatic heterocycles. The molecule has 0 unspecified atom stereocenters. The molecule has 2 aromatic carbocycles. The van der Waals surface area contributed by atoms with E-state index in [9.17, 15) is 8.42 Å². The Morgan fingerprint density at radius 3 is 2.38 bits per heavy atom. The number of fused-ring (bicyclic) bond motifs is 1. The van der Waals surface area contributed by atoms with Crippen molar-refractivity contribution in [3.05, 3.63) is 60.2 Å². The number of sulfonamides is 1. The first-order valence-electron chi connectivity index (χ1n) is 6.96. The molecule has 1 aliphatic heterocycles. The minimum Gasteiger partial charge on any atom is -1.00 e. The van der Waals surface area contributed by atoms with Gasteiger partial charge in [0.25, 0.3) is 10.0 Å². The molecule has 0 radical (unpaired) electrons. The van der Waals surface area contributed by atoms with Gasteiger partial charge in [0.05, 0.1) is 4.90 Å². The Balaban J connectivity index is 0.00000144. The van der Waals surface area contributed by atoms with E-state index in [1.165, 1.54) is 0 Å². The average molecular weight is 414 g/mol. The van der Waals surface area contributed by atoms with Gasteiger partial charge in [0.15, 0.2) is 0 Å². The zero-order chi connectivity index (χ0) is 15.8. The summed E-state index contributed by atoms with van der Waals surface area (Å²) < 4.78 is 33.2. The predicted octanol–water partition coefficient (Wildman–Crippen LogP) is 0.673.